The Labute approximate surface area is 132 Å². The Hall–Kier alpha value is -2.53. The molecule has 0 radical (unpaired) electrons. The summed E-state index contributed by atoms with van der Waals surface area (Å²) in [5, 5.41) is 0.624. The molecule has 0 aliphatic heterocycles. The van der Waals surface area contributed by atoms with E-state index in [2.05, 4.69) is 4.74 Å². The van der Waals surface area contributed by atoms with E-state index in [1.165, 1.54) is 19.3 Å². The highest BCUT2D eigenvalue weighted by atomic mass is 35.5. The van der Waals surface area contributed by atoms with Gasteiger partial charge in [-0.25, -0.2) is 9.59 Å². The van der Waals surface area contributed by atoms with E-state index in [-0.39, 0.29) is 12.4 Å². The van der Waals surface area contributed by atoms with Crippen LogP contribution in [-0.2, 0) is 20.9 Å². The van der Waals surface area contributed by atoms with Crippen molar-refractivity contribution in [3.8, 4) is 0 Å². The van der Waals surface area contributed by atoms with Crippen LogP contribution in [0, 0.1) is 0 Å². The van der Waals surface area contributed by atoms with Gasteiger partial charge in [-0.1, -0.05) is 23.7 Å². The number of halogens is 1. The number of carbonyl (C=O) groups is 2. The van der Waals surface area contributed by atoms with E-state index in [4.69, 9.17) is 20.8 Å². The van der Waals surface area contributed by atoms with Crippen LogP contribution in [0.5, 0.6) is 0 Å². The van der Waals surface area contributed by atoms with Gasteiger partial charge >= 0.3 is 11.9 Å². The lowest BCUT2D eigenvalue weighted by molar-refractivity contribution is -0.139. The van der Waals surface area contributed by atoms with Crippen molar-refractivity contribution in [2.75, 3.05) is 7.11 Å². The number of rotatable bonds is 5. The lowest BCUT2D eigenvalue weighted by atomic mass is 10.2. The zero-order valence-electron chi connectivity index (χ0n) is 11.7. The third kappa shape index (κ3) is 4.49. The fraction of sp³-hybridized carbons (Fsp3) is 0.125. The van der Waals surface area contributed by atoms with Crippen LogP contribution in [0.1, 0.15) is 21.9 Å². The van der Waals surface area contributed by atoms with Crippen LogP contribution in [0.2, 0.25) is 5.02 Å². The van der Waals surface area contributed by atoms with Gasteiger partial charge in [0.15, 0.2) is 0 Å². The van der Waals surface area contributed by atoms with Gasteiger partial charge in [0.05, 0.1) is 7.11 Å². The van der Waals surface area contributed by atoms with Crippen LogP contribution in [0.15, 0.2) is 46.9 Å². The minimum absolute atomic E-state index is 0.0604. The summed E-state index contributed by atoms with van der Waals surface area (Å²) in [5.74, 6) is -0.690. The molecule has 114 valence electrons. The average molecular weight is 321 g/mol. The molecule has 0 unspecified atom stereocenters. The molecule has 1 heterocycles. The summed E-state index contributed by atoms with van der Waals surface area (Å²) in [5.41, 5.74) is 0.826. The van der Waals surface area contributed by atoms with Crippen molar-refractivity contribution in [2.45, 2.75) is 6.61 Å². The van der Waals surface area contributed by atoms with Gasteiger partial charge in [0.1, 0.15) is 12.4 Å². The van der Waals surface area contributed by atoms with Gasteiger partial charge in [0.2, 0.25) is 5.76 Å². The molecule has 0 saturated carbocycles. The molecular weight excluding hydrogens is 308 g/mol. The van der Waals surface area contributed by atoms with Crippen LogP contribution >= 0.6 is 11.6 Å². The zero-order chi connectivity index (χ0) is 15.9. The Bertz CT molecular complexity index is 685. The molecule has 0 aliphatic carbocycles. The number of carbonyl (C=O) groups excluding carboxylic acids is 2. The molecule has 22 heavy (non-hydrogen) atoms. The highest BCUT2D eigenvalue weighted by Gasteiger charge is 2.11. The molecule has 0 amide bonds. The Morgan fingerprint density at radius 1 is 1.18 bits per heavy atom. The summed E-state index contributed by atoms with van der Waals surface area (Å²) in [6.45, 7) is -0.0687. The fourth-order valence-electron chi connectivity index (χ4n) is 1.59. The van der Waals surface area contributed by atoms with Gasteiger partial charge in [-0.3, -0.25) is 0 Å². The summed E-state index contributed by atoms with van der Waals surface area (Å²) >= 11 is 5.77. The van der Waals surface area contributed by atoms with Crippen molar-refractivity contribution in [2.24, 2.45) is 0 Å². The molecule has 0 aliphatic rings. The normalized spacial score (nSPS) is 10.6. The lowest BCUT2D eigenvalue weighted by Gasteiger charge is -1.99. The smallest absolute Gasteiger partial charge is 0.373 e. The maximum atomic E-state index is 11.6. The van der Waals surface area contributed by atoms with E-state index in [9.17, 15) is 9.59 Å². The molecule has 0 spiro atoms. The topological polar surface area (TPSA) is 65.7 Å². The maximum absolute atomic E-state index is 11.6. The first-order chi connectivity index (χ1) is 10.6. The van der Waals surface area contributed by atoms with Gasteiger partial charge < -0.3 is 13.9 Å². The molecule has 0 atom stereocenters. The van der Waals surface area contributed by atoms with Crippen molar-refractivity contribution in [1.29, 1.82) is 0 Å². The summed E-state index contributed by atoms with van der Waals surface area (Å²) in [4.78, 5) is 22.8. The predicted octanol–water partition coefficient (Wildman–Crippen LogP) is 3.48. The highest BCUT2D eigenvalue weighted by molar-refractivity contribution is 6.30. The number of hydrogen-bond donors (Lipinski definition) is 0. The van der Waals surface area contributed by atoms with Crippen LogP contribution in [-0.4, -0.2) is 19.0 Å². The standard InChI is InChI=1S/C16H13ClO5/c1-20-16(19)14-8-7-13(22-14)10-21-15(18)9-4-11-2-5-12(17)6-3-11/h2-9H,10H2,1H3/b9-4+. The van der Waals surface area contributed by atoms with Gasteiger partial charge in [-0.05, 0) is 35.9 Å². The second-order valence-electron chi connectivity index (χ2n) is 4.25. The summed E-state index contributed by atoms with van der Waals surface area (Å²) < 4.78 is 14.7. The third-order valence-corrected chi connectivity index (χ3v) is 2.94. The number of hydrogen-bond acceptors (Lipinski definition) is 5. The van der Waals surface area contributed by atoms with Gasteiger partial charge in [0.25, 0.3) is 0 Å². The Kier molecular flexibility index (Phi) is 5.38. The number of benzene rings is 1. The molecule has 1 aromatic carbocycles. The van der Waals surface area contributed by atoms with E-state index in [1.807, 2.05) is 0 Å². The number of esters is 2. The van der Waals surface area contributed by atoms with Gasteiger partial charge in [-0.2, -0.15) is 0 Å². The van der Waals surface area contributed by atoms with Crippen LogP contribution < -0.4 is 0 Å². The first-order valence-corrected chi connectivity index (χ1v) is 6.73. The van der Waals surface area contributed by atoms with E-state index in [0.29, 0.717) is 10.8 Å². The van der Waals surface area contributed by atoms with Crippen LogP contribution in [0.3, 0.4) is 0 Å². The number of ether oxygens (including phenoxy) is 2. The molecule has 2 aromatic rings. The maximum Gasteiger partial charge on any atom is 0.373 e. The van der Waals surface area contributed by atoms with Crippen molar-refractivity contribution < 1.29 is 23.5 Å². The molecular formula is C16H13ClO5. The van der Waals surface area contributed by atoms with E-state index >= 15 is 0 Å². The Morgan fingerprint density at radius 3 is 2.59 bits per heavy atom. The third-order valence-electron chi connectivity index (χ3n) is 2.69. The fourth-order valence-corrected chi connectivity index (χ4v) is 1.72. The lowest BCUT2D eigenvalue weighted by Crippen LogP contribution is -2.01. The first-order valence-electron chi connectivity index (χ1n) is 6.36. The molecule has 0 fully saturated rings. The van der Waals surface area contributed by atoms with E-state index < -0.39 is 11.9 Å². The van der Waals surface area contributed by atoms with Crippen molar-refractivity contribution in [1.82, 2.24) is 0 Å². The summed E-state index contributed by atoms with van der Waals surface area (Å²) in [6.07, 6.45) is 2.91. The quantitative estimate of drug-likeness (QED) is 0.623. The van der Waals surface area contributed by atoms with E-state index in [1.54, 1.807) is 36.4 Å². The SMILES string of the molecule is COC(=O)c1ccc(COC(=O)/C=C/c2ccc(Cl)cc2)o1. The Morgan fingerprint density at radius 2 is 1.91 bits per heavy atom. The van der Waals surface area contributed by atoms with E-state index in [0.717, 1.165) is 5.56 Å². The second kappa shape index (κ2) is 7.47. The Balaban J connectivity index is 1.86. The van der Waals surface area contributed by atoms with Crippen molar-refractivity contribution in [3.05, 3.63) is 64.6 Å². The van der Waals surface area contributed by atoms with Crippen molar-refractivity contribution in [3.63, 3.8) is 0 Å². The first kappa shape index (κ1) is 15.9. The second-order valence-corrected chi connectivity index (χ2v) is 4.69. The molecule has 1 aromatic heterocycles. The molecule has 0 N–H and O–H groups in total. The van der Waals surface area contributed by atoms with Crippen LogP contribution in [0.25, 0.3) is 6.08 Å². The monoisotopic (exact) mass is 320 g/mol. The molecule has 0 bridgehead atoms. The number of methoxy groups -OCH3 is 1. The summed E-state index contributed by atoms with van der Waals surface area (Å²) in [6, 6.07) is 10.0. The minimum atomic E-state index is -0.583. The number of furan rings is 1. The average Bonchev–Trinajstić information content (AvgIpc) is 3.00. The molecule has 5 nitrogen and oxygen atoms in total. The van der Waals surface area contributed by atoms with Crippen molar-refractivity contribution >= 4 is 29.6 Å². The minimum Gasteiger partial charge on any atom is -0.463 e. The summed E-state index contributed by atoms with van der Waals surface area (Å²) in [7, 11) is 1.26. The molecule has 6 heteroatoms. The highest BCUT2D eigenvalue weighted by Crippen LogP contribution is 2.12. The largest absolute Gasteiger partial charge is 0.463 e. The van der Waals surface area contributed by atoms with Gasteiger partial charge in [-0.15, -0.1) is 0 Å². The zero-order valence-corrected chi connectivity index (χ0v) is 12.5. The predicted molar refractivity (Wildman–Crippen MR) is 80.3 cm³/mol. The molecule has 2 rings (SSSR count). The van der Waals surface area contributed by atoms with Crippen LogP contribution in [0.4, 0.5) is 0 Å². The molecule has 0 saturated heterocycles. The van der Waals surface area contributed by atoms with Gasteiger partial charge in [0, 0.05) is 11.1 Å².